The molecule has 5 heteroatoms. The summed E-state index contributed by atoms with van der Waals surface area (Å²) in [6.07, 6.45) is 1.87. The fourth-order valence-corrected chi connectivity index (χ4v) is 6.09. The van der Waals surface area contributed by atoms with Crippen molar-refractivity contribution in [2.24, 2.45) is 11.8 Å². The Hall–Kier alpha value is -3.31. The molecule has 6 rings (SSSR count). The van der Waals surface area contributed by atoms with Crippen molar-refractivity contribution in [1.82, 2.24) is 0 Å². The Balaban J connectivity index is 1.42. The van der Waals surface area contributed by atoms with E-state index in [4.69, 9.17) is 0 Å². The molecular weight excluding hydrogens is 388 g/mol. The number of rotatable bonds is 3. The number of Topliss-reactive ketones (excluding diaryl/α,β-unsaturated/α-hetero) is 1. The first-order valence-electron chi connectivity index (χ1n) is 11.0. The van der Waals surface area contributed by atoms with Gasteiger partial charge in [0.2, 0.25) is 17.6 Å². The maximum absolute atomic E-state index is 13.7. The van der Waals surface area contributed by atoms with E-state index >= 15 is 0 Å². The summed E-state index contributed by atoms with van der Waals surface area (Å²) < 4.78 is 0. The van der Waals surface area contributed by atoms with Gasteiger partial charge < -0.3 is 4.90 Å². The monoisotopic (exact) mass is 411 g/mol. The summed E-state index contributed by atoms with van der Waals surface area (Å²) in [5.74, 6) is -1.36. The van der Waals surface area contributed by atoms with E-state index in [0.29, 0.717) is 11.3 Å². The average molecular weight is 411 g/mol. The third kappa shape index (κ3) is 2.63. The van der Waals surface area contributed by atoms with E-state index in [0.717, 1.165) is 35.1 Å². The molecule has 0 saturated carbocycles. The summed E-state index contributed by atoms with van der Waals surface area (Å²) in [7, 11) is 0. The number of amides is 2. The lowest BCUT2D eigenvalue weighted by Gasteiger charge is -2.25. The zero-order valence-corrected chi connectivity index (χ0v) is 17.0. The smallest absolute Gasteiger partial charge is 0.244 e. The Morgan fingerprint density at radius 3 is 2.35 bits per heavy atom. The summed E-state index contributed by atoms with van der Waals surface area (Å²) in [5.41, 5.74) is 1.23. The van der Waals surface area contributed by atoms with E-state index in [9.17, 15) is 14.4 Å². The van der Waals surface area contributed by atoms with E-state index in [2.05, 4.69) is 0 Å². The molecule has 0 radical (unpaired) electrons. The molecule has 31 heavy (non-hydrogen) atoms. The molecule has 1 unspecified atom stereocenters. The second-order valence-corrected chi connectivity index (χ2v) is 8.88. The minimum absolute atomic E-state index is 0.0171. The normalized spacial score (nSPS) is 29.4. The number of nitrogens with zero attached hydrogens (tertiary/aromatic N) is 1. The fraction of sp³-hybridized carbons (Fsp3) is 0.269. The van der Waals surface area contributed by atoms with Crippen molar-refractivity contribution in [1.29, 1.82) is 0 Å². The standard InChI is InChI=1S/C26H22N2O3/c29-24(17-8-2-1-3-9-17)23-22-21(20-11-6-14-27(20)23)25(30)28(26(22)31)19-13-12-16-7-4-5-10-18(16)15-19/h1-5,7-10,12-13,15,20-23H,6,11,14H2/p+1/t20-,21-,22-,23+/m1/s1. The number of ketones is 1. The van der Waals surface area contributed by atoms with Crippen LogP contribution in [-0.4, -0.2) is 36.2 Å². The number of quaternary nitrogens is 1. The minimum Gasteiger partial charge on any atom is -0.322 e. The van der Waals surface area contributed by atoms with Crippen LogP contribution < -0.4 is 9.80 Å². The largest absolute Gasteiger partial charge is 0.322 e. The predicted octanol–water partition coefficient (Wildman–Crippen LogP) is 2.26. The molecule has 3 saturated heterocycles. The van der Waals surface area contributed by atoms with Crippen LogP contribution in [-0.2, 0) is 9.59 Å². The number of hydrogen-bond donors (Lipinski definition) is 1. The Kier molecular flexibility index (Phi) is 4.08. The molecule has 2 amide bonds. The van der Waals surface area contributed by atoms with Crippen molar-refractivity contribution in [2.75, 3.05) is 11.4 Å². The van der Waals surface area contributed by atoms with Crippen molar-refractivity contribution < 1.29 is 19.3 Å². The van der Waals surface area contributed by atoms with Crippen LogP contribution in [0, 0.1) is 11.8 Å². The molecule has 0 aromatic heterocycles. The lowest BCUT2D eigenvalue weighted by molar-refractivity contribution is -0.915. The van der Waals surface area contributed by atoms with Gasteiger partial charge >= 0.3 is 0 Å². The highest BCUT2D eigenvalue weighted by atomic mass is 16.2. The van der Waals surface area contributed by atoms with Gasteiger partial charge in [-0.25, -0.2) is 4.90 Å². The van der Waals surface area contributed by atoms with Crippen LogP contribution in [0.2, 0.25) is 0 Å². The highest BCUT2D eigenvalue weighted by Gasteiger charge is 2.68. The Morgan fingerprint density at radius 2 is 1.55 bits per heavy atom. The minimum atomic E-state index is -0.577. The van der Waals surface area contributed by atoms with Gasteiger partial charge in [-0.1, -0.05) is 60.7 Å². The number of hydrogen-bond acceptors (Lipinski definition) is 3. The lowest BCUT2D eigenvalue weighted by atomic mass is 9.85. The first kappa shape index (κ1) is 18.5. The molecule has 3 aromatic rings. The molecule has 3 aliphatic heterocycles. The van der Waals surface area contributed by atoms with E-state index < -0.39 is 17.9 Å². The number of carbonyl (C=O) groups excluding carboxylic acids is 3. The van der Waals surface area contributed by atoms with Gasteiger partial charge in [-0.05, 0) is 22.9 Å². The number of imide groups is 1. The van der Waals surface area contributed by atoms with Gasteiger partial charge in [-0.15, -0.1) is 0 Å². The van der Waals surface area contributed by atoms with E-state index in [1.54, 1.807) is 0 Å². The quantitative estimate of drug-likeness (QED) is 0.531. The van der Waals surface area contributed by atoms with Crippen LogP contribution in [0.1, 0.15) is 23.2 Å². The molecule has 3 aromatic carbocycles. The summed E-state index contributed by atoms with van der Waals surface area (Å²) in [5, 5.41) is 2.05. The third-order valence-electron chi connectivity index (χ3n) is 7.38. The maximum Gasteiger partial charge on any atom is 0.244 e. The van der Waals surface area contributed by atoms with Gasteiger partial charge in [0.15, 0.2) is 6.04 Å². The Labute approximate surface area is 180 Å². The molecule has 5 nitrogen and oxygen atoms in total. The molecule has 0 spiro atoms. The second kappa shape index (κ2) is 6.86. The lowest BCUT2D eigenvalue weighted by Crippen LogP contribution is -3.16. The second-order valence-electron chi connectivity index (χ2n) is 8.88. The van der Waals surface area contributed by atoms with Crippen molar-refractivity contribution >= 4 is 34.1 Å². The molecule has 5 atom stereocenters. The van der Waals surface area contributed by atoms with E-state index in [-0.39, 0.29) is 23.6 Å². The first-order valence-corrected chi connectivity index (χ1v) is 11.0. The number of fused-ring (bicyclic) bond motifs is 4. The molecule has 0 bridgehead atoms. The fourth-order valence-electron chi connectivity index (χ4n) is 6.09. The van der Waals surface area contributed by atoms with Crippen molar-refractivity contribution in [3.8, 4) is 0 Å². The van der Waals surface area contributed by atoms with Gasteiger partial charge in [0.25, 0.3) is 0 Å². The van der Waals surface area contributed by atoms with Crippen molar-refractivity contribution in [3.05, 3.63) is 78.4 Å². The molecule has 0 aliphatic carbocycles. The number of anilines is 1. The average Bonchev–Trinajstić information content (AvgIpc) is 3.45. The number of benzene rings is 3. The van der Waals surface area contributed by atoms with Gasteiger partial charge in [-0.2, -0.15) is 0 Å². The van der Waals surface area contributed by atoms with Crippen LogP contribution in [0.3, 0.4) is 0 Å². The molecule has 1 N–H and O–H groups in total. The van der Waals surface area contributed by atoms with Gasteiger partial charge in [-0.3, -0.25) is 14.4 Å². The van der Waals surface area contributed by atoms with Crippen molar-refractivity contribution in [3.63, 3.8) is 0 Å². The SMILES string of the molecule is O=C(c1ccccc1)[C@@H]1[C@@H]2C(=O)N(c3ccc4ccccc4c3)C(=O)[C@@H]2[C@H]2CCC[NH+]21. The number of carbonyl (C=O) groups is 3. The Morgan fingerprint density at radius 1 is 0.839 bits per heavy atom. The number of nitrogens with one attached hydrogen (secondary N) is 1. The molecule has 3 fully saturated rings. The van der Waals surface area contributed by atoms with Crippen LogP contribution in [0.25, 0.3) is 10.8 Å². The zero-order chi connectivity index (χ0) is 21.1. The summed E-state index contributed by atoms with van der Waals surface area (Å²) >= 11 is 0. The molecular formula is C26H23N2O3+. The Bertz CT molecular complexity index is 1220. The summed E-state index contributed by atoms with van der Waals surface area (Å²) in [6.45, 7) is 0.845. The van der Waals surface area contributed by atoms with Crippen LogP contribution in [0.5, 0.6) is 0 Å². The van der Waals surface area contributed by atoms with Crippen LogP contribution >= 0.6 is 0 Å². The summed E-state index contributed by atoms with van der Waals surface area (Å²) in [6, 6.07) is 22.3. The molecule has 3 aliphatic rings. The van der Waals surface area contributed by atoms with Gasteiger partial charge in [0.1, 0.15) is 17.9 Å². The molecule has 154 valence electrons. The summed E-state index contributed by atoms with van der Waals surface area (Å²) in [4.78, 5) is 43.2. The first-order chi connectivity index (χ1) is 15.1. The van der Waals surface area contributed by atoms with E-state index in [1.165, 1.54) is 4.90 Å². The van der Waals surface area contributed by atoms with Gasteiger partial charge in [0, 0.05) is 18.4 Å². The predicted molar refractivity (Wildman–Crippen MR) is 117 cm³/mol. The van der Waals surface area contributed by atoms with Crippen LogP contribution in [0.15, 0.2) is 72.8 Å². The van der Waals surface area contributed by atoms with Gasteiger partial charge in [0.05, 0.1) is 12.2 Å². The highest BCUT2D eigenvalue weighted by Crippen LogP contribution is 2.41. The topological polar surface area (TPSA) is 58.9 Å². The third-order valence-corrected chi connectivity index (χ3v) is 7.38. The zero-order valence-electron chi connectivity index (χ0n) is 17.0. The van der Waals surface area contributed by atoms with E-state index in [1.807, 2.05) is 72.8 Å². The molecule has 3 heterocycles. The maximum atomic E-state index is 13.7. The van der Waals surface area contributed by atoms with Crippen molar-refractivity contribution in [2.45, 2.75) is 24.9 Å². The van der Waals surface area contributed by atoms with Crippen LogP contribution in [0.4, 0.5) is 5.69 Å². The highest BCUT2D eigenvalue weighted by molar-refractivity contribution is 6.24.